The van der Waals surface area contributed by atoms with Gasteiger partial charge in [0.05, 0.1) is 17.8 Å². The lowest BCUT2D eigenvalue weighted by Gasteiger charge is -2.08. The number of hydrogen-bond acceptors (Lipinski definition) is 4. The third-order valence-electron chi connectivity index (χ3n) is 2.82. The van der Waals surface area contributed by atoms with Crippen molar-refractivity contribution in [3.8, 4) is 0 Å². The summed E-state index contributed by atoms with van der Waals surface area (Å²) >= 11 is 0. The van der Waals surface area contributed by atoms with Crippen molar-refractivity contribution in [2.45, 2.75) is 26.4 Å². The first-order chi connectivity index (χ1) is 9.60. The molecule has 0 unspecified atom stereocenters. The Morgan fingerprint density at radius 2 is 2.25 bits per heavy atom. The summed E-state index contributed by atoms with van der Waals surface area (Å²) in [4.78, 5) is 22.3. The average Bonchev–Trinajstić information content (AvgIpc) is 2.89. The van der Waals surface area contributed by atoms with Gasteiger partial charge in [-0.25, -0.2) is 4.79 Å². The fourth-order valence-electron chi connectivity index (χ4n) is 1.83. The van der Waals surface area contributed by atoms with Crippen LogP contribution >= 0.6 is 0 Å². The number of carboxylic acid groups (broad SMARTS) is 1. The number of nitrogens with zero attached hydrogens (tertiary/aromatic N) is 1. The molecule has 0 aliphatic rings. The number of nitrogens with one attached hydrogen (secondary N) is 1. The molecule has 6 nitrogen and oxygen atoms in total. The standard InChI is InChI=1S/C14H16N2O4/c1-2-5-16-8-11(3-4-13(16)17)15-7-12-6-10(9-20-12)14(18)19/h3-4,6,8-9,15H,2,5,7H2,1H3,(H,18,19). The van der Waals surface area contributed by atoms with Crippen molar-refractivity contribution < 1.29 is 14.3 Å². The second-order valence-electron chi connectivity index (χ2n) is 4.41. The zero-order chi connectivity index (χ0) is 14.5. The molecule has 2 N–H and O–H groups in total. The molecule has 0 fully saturated rings. The number of hydrogen-bond donors (Lipinski definition) is 2. The second-order valence-corrected chi connectivity index (χ2v) is 4.41. The fourth-order valence-corrected chi connectivity index (χ4v) is 1.83. The first kappa shape index (κ1) is 13.9. The number of furan rings is 1. The molecular formula is C14H16N2O4. The zero-order valence-electron chi connectivity index (χ0n) is 11.1. The summed E-state index contributed by atoms with van der Waals surface area (Å²) in [5.74, 6) is -0.493. The highest BCUT2D eigenvalue weighted by Crippen LogP contribution is 2.11. The molecule has 2 aromatic heterocycles. The van der Waals surface area contributed by atoms with Gasteiger partial charge >= 0.3 is 5.97 Å². The smallest absolute Gasteiger partial charge is 0.338 e. The first-order valence-corrected chi connectivity index (χ1v) is 6.35. The van der Waals surface area contributed by atoms with Crippen molar-refractivity contribution in [3.05, 3.63) is 52.3 Å². The van der Waals surface area contributed by atoms with Gasteiger partial charge in [-0.05, 0) is 18.6 Å². The number of anilines is 1. The molecule has 0 saturated heterocycles. The van der Waals surface area contributed by atoms with E-state index in [4.69, 9.17) is 9.52 Å². The Hall–Kier alpha value is -2.50. The molecule has 106 valence electrons. The largest absolute Gasteiger partial charge is 0.478 e. The van der Waals surface area contributed by atoms with Gasteiger partial charge in [0.2, 0.25) is 0 Å². The number of rotatable bonds is 6. The van der Waals surface area contributed by atoms with E-state index in [1.165, 1.54) is 18.4 Å². The maximum absolute atomic E-state index is 11.6. The van der Waals surface area contributed by atoms with E-state index in [1.54, 1.807) is 16.8 Å². The van der Waals surface area contributed by atoms with Crippen molar-refractivity contribution in [3.63, 3.8) is 0 Å². The van der Waals surface area contributed by atoms with Crippen LogP contribution in [0.25, 0.3) is 0 Å². The normalized spacial score (nSPS) is 10.4. The average molecular weight is 276 g/mol. The summed E-state index contributed by atoms with van der Waals surface area (Å²) in [6.45, 7) is 3.03. The molecule has 0 spiro atoms. The predicted octanol–water partition coefficient (Wildman–Crippen LogP) is 2.16. The molecule has 0 aromatic carbocycles. The molecular weight excluding hydrogens is 260 g/mol. The van der Waals surface area contributed by atoms with Gasteiger partial charge in [0.25, 0.3) is 5.56 Å². The molecule has 2 heterocycles. The van der Waals surface area contributed by atoms with E-state index in [1.807, 2.05) is 6.92 Å². The minimum absolute atomic E-state index is 0.0384. The molecule has 20 heavy (non-hydrogen) atoms. The Balaban J connectivity index is 2.04. The zero-order valence-corrected chi connectivity index (χ0v) is 11.1. The Morgan fingerprint density at radius 3 is 2.90 bits per heavy atom. The van der Waals surface area contributed by atoms with Crippen molar-refractivity contribution in [2.24, 2.45) is 0 Å². The maximum Gasteiger partial charge on any atom is 0.338 e. The van der Waals surface area contributed by atoms with Crippen molar-refractivity contribution >= 4 is 11.7 Å². The summed E-state index contributed by atoms with van der Waals surface area (Å²) in [6.07, 6.45) is 3.83. The number of pyridine rings is 1. The van der Waals surface area contributed by atoms with Gasteiger partial charge in [-0.2, -0.15) is 0 Å². The summed E-state index contributed by atoms with van der Waals surface area (Å²) in [5.41, 5.74) is 0.868. The molecule has 0 saturated carbocycles. The van der Waals surface area contributed by atoms with E-state index in [-0.39, 0.29) is 11.1 Å². The lowest BCUT2D eigenvalue weighted by atomic mass is 10.3. The molecule has 2 rings (SSSR count). The number of aromatic nitrogens is 1. The van der Waals surface area contributed by atoms with Gasteiger partial charge < -0.3 is 19.4 Å². The Kier molecular flexibility index (Phi) is 4.24. The Bertz CT molecular complexity index is 657. The van der Waals surface area contributed by atoms with E-state index >= 15 is 0 Å². The van der Waals surface area contributed by atoms with Gasteiger partial charge in [-0.3, -0.25) is 4.79 Å². The van der Waals surface area contributed by atoms with E-state index in [2.05, 4.69) is 5.32 Å². The van der Waals surface area contributed by atoms with Crippen LogP contribution in [0.3, 0.4) is 0 Å². The Labute approximate surface area is 115 Å². The summed E-state index contributed by atoms with van der Waals surface area (Å²) in [5, 5.41) is 11.9. The van der Waals surface area contributed by atoms with Crippen LogP contribution in [0.4, 0.5) is 5.69 Å². The monoisotopic (exact) mass is 276 g/mol. The van der Waals surface area contributed by atoms with Crippen LogP contribution in [0.15, 0.2) is 39.9 Å². The van der Waals surface area contributed by atoms with Crippen molar-refractivity contribution in [1.29, 1.82) is 0 Å². The quantitative estimate of drug-likeness (QED) is 0.844. The third kappa shape index (κ3) is 3.28. The van der Waals surface area contributed by atoms with Crippen LogP contribution in [-0.4, -0.2) is 15.6 Å². The lowest BCUT2D eigenvalue weighted by Crippen LogP contribution is -2.18. The van der Waals surface area contributed by atoms with Gasteiger partial charge in [-0.1, -0.05) is 6.92 Å². The van der Waals surface area contributed by atoms with Crippen LogP contribution < -0.4 is 10.9 Å². The highest BCUT2D eigenvalue weighted by atomic mass is 16.4. The predicted molar refractivity (Wildman–Crippen MR) is 74.0 cm³/mol. The molecule has 0 aliphatic heterocycles. The molecule has 0 amide bonds. The molecule has 0 atom stereocenters. The number of carbonyl (C=O) groups is 1. The van der Waals surface area contributed by atoms with Gasteiger partial charge in [0.1, 0.15) is 12.0 Å². The topological polar surface area (TPSA) is 84.5 Å². The number of aromatic carboxylic acids is 1. The van der Waals surface area contributed by atoms with E-state index in [0.29, 0.717) is 18.8 Å². The highest BCUT2D eigenvalue weighted by Gasteiger charge is 2.08. The summed E-state index contributed by atoms with van der Waals surface area (Å²) < 4.78 is 6.77. The van der Waals surface area contributed by atoms with Crippen LogP contribution in [0.1, 0.15) is 29.5 Å². The lowest BCUT2D eigenvalue weighted by molar-refractivity contribution is 0.0696. The van der Waals surface area contributed by atoms with Crippen molar-refractivity contribution in [1.82, 2.24) is 4.57 Å². The van der Waals surface area contributed by atoms with E-state index in [9.17, 15) is 9.59 Å². The maximum atomic E-state index is 11.6. The van der Waals surface area contributed by atoms with Gasteiger partial charge in [0.15, 0.2) is 0 Å². The van der Waals surface area contributed by atoms with Gasteiger partial charge in [-0.15, -0.1) is 0 Å². The number of carboxylic acids is 1. The molecule has 2 aromatic rings. The molecule has 0 bridgehead atoms. The minimum atomic E-state index is -1.02. The molecule has 0 radical (unpaired) electrons. The molecule has 6 heteroatoms. The highest BCUT2D eigenvalue weighted by molar-refractivity contribution is 5.87. The van der Waals surface area contributed by atoms with Crippen LogP contribution in [0.2, 0.25) is 0 Å². The second kappa shape index (κ2) is 6.10. The van der Waals surface area contributed by atoms with Crippen LogP contribution in [-0.2, 0) is 13.1 Å². The van der Waals surface area contributed by atoms with E-state index < -0.39 is 5.97 Å². The fraction of sp³-hybridized carbons (Fsp3) is 0.286. The van der Waals surface area contributed by atoms with Crippen LogP contribution in [0.5, 0.6) is 0 Å². The minimum Gasteiger partial charge on any atom is -0.478 e. The van der Waals surface area contributed by atoms with E-state index in [0.717, 1.165) is 12.1 Å². The summed E-state index contributed by atoms with van der Waals surface area (Å²) in [7, 11) is 0. The number of aryl methyl sites for hydroxylation is 1. The first-order valence-electron chi connectivity index (χ1n) is 6.35. The Morgan fingerprint density at radius 1 is 1.45 bits per heavy atom. The summed E-state index contributed by atoms with van der Waals surface area (Å²) in [6, 6.07) is 4.66. The molecule has 0 aliphatic carbocycles. The third-order valence-corrected chi connectivity index (χ3v) is 2.82. The SMILES string of the molecule is CCCn1cc(NCc2cc(C(=O)O)co2)ccc1=O. The van der Waals surface area contributed by atoms with Gasteiger partial charge in [0, 0.05) is 18.8 Å². The van der Waals surface area contributed by atoms with Crippen LogP contribution in [0, 0.1) is 0 Å². The van der Waals surface area contributed by atoms with Crippen molar-refractivity contribution in [2.75, 3.05) is 5.32 Å².